The van der Waals surface area contributed by atoms with Crippen LogP contribution in [0.15, 0.2) is 25.3 Å². The van der Waals surface area contributed by atoms with Gasteiger partial charge in [-0.25, -0.2) is 0 Å². The molecule has 0 saturated heterocycles. The summed E-state index contributed by atoms with van der Waals surface area (Å²) in [5.41, 5.74) is 0. The van der Waals surface area contributed by atoms with Crippen LogP contribution in [0.2, 0.25) is 0 Å². The first kappa shape index (κ1) is 16.8. The molecule has 80 valence electrons. The van der Waals surface area contributed by atoms with E-state index in [9.17, 15) is 9.59 Å². The van der Waals surface area contributed by atoms with Crippen LogP contribution in [0.4, 0.5) is 0 Å². The normalized spacial score (nSPS) is 10.7. The van der Waals surface area contributed by atoms with Gasteiger partial charge in [0, 0.05) is 0 Å². The van der Waals surface area contributed by atoms with E-state index in [1.165, 1.54) is 12.2 Å². The molecule has 0 bridgehead atoms. The summed E-state index contributed by atoms with van der Waals surface area (Å²) in [6, 6.07) is 0. The number of esters is 1. The van der Waals surface area contributed by atoms with E-state index in [-0.39, 0.29) is 44.0 Å². The molecule has 1 atom stereocenters. The van der Waals surface area contributed by atoms with Gasteiger partial charge in [0.1, 0.15) is 6.61 Å². The van der Waals surface area contributed by atoms with Crippen molar-refractivity contribution in [3.63, 3.8) is 0 Å². The molecule has 0 aromatic carbocycles. The van der Waals surface area contributed by atoms with E-state index in [2.05, 4.69) is 13.2 Å². The van der Waals surface area contributed by atoms with Crippen molar-refractivity contribution in [1.29, 1.82) is 0 Å². The molecular weight excluding hydrogens is 207 g/mol. The number of ether oxygens (including phenoxy) is 1. The zero-order chi connectivity index (χ0) is 11.0. The van der Waals surface area contributed by atoms with Crippen LogP contribution in [0, 0.1) is 5.92 Å². The molecule has 0 aliphatic rings. The molecule has 0 saturated carbocycles. The zero-order valence-electron chi connectivity index (χ0n) is 9.94. The number of allylic oxidation sites excluding steroid dienone is 1. The van der Waals surface area contributed by atoms with Crippen LogP contribution in [0.1, 0.15) is 14.3 Å². The Morgan fingerprint density at radius 2 is 2.00 bits per heavy atom. The van der Waals surface area contributed by atoms with Crippen LogP contribution in [-0.2, 0) is 14.3 Å². The summed E-state index contributed by atoms with van der Waals surface area (Å²) in [7, 11) is 0. The minimum absolute atomic E-state index is 0. The second kappa shape index (κ2) is 9.96. The largest absolute Gasteiger partial charge is 1.00 e. The summed E-state index contributed by atoms with van der Waals surface area (Å²) in [5, 5.41) is 8.52. The molecule has 1 unspecified atom stereocenters. The van der Waals surface area contributed by atoms with E-state index >= 15 is 0 Å². The molecule has 0 spiro atoms. The molecule has 0 heterocycles. The number of carbonyl (C=O) groups is 2. The first-order chi connectivity index (χ1) is 6.61. The third-order valence-corrected chi connectivity index (χ3v) is 1.55. The van der Waals surface area contributed by atoms with Crippen LogP contribution in [0.3, 0.4) is 0 Å². The molecule has 0 radical (unpaired) electrons. The molecule has 0 aliphatic heterocycles. The van der Waals surface area contributed by atoms with Crippen molar-refractivity contribution in [3.8, 4) is 0 Å². The summed E-state index contributed by atoms with van der Waals surface area (Å²) < 4.78 is 4.74. The van der Waals surface area contributed by atoms with Gasteiger partial charge in [-0.05, 0) is 6.42 Å². The van der Waals surface area contributed by atoms with Crippen molar-refractivity contribution in [2.24, 2.45) is 5.92 Å². The molecule has 0 fully saturated rings. The van der Waals surface area contributed by atoms with Gasteiger partial charge in [-0.1, -0.05) is 18.7 Å². The first-order valence-electron chi connectivity index (χ1n) is 4.22. The van der Waals surface area contributed by atoms with Gasteiger partial charge < -0.3 is 11.3 Å². The van der Waals surface area contributed by atoms with Crippen molar-refractivity contribution < 1.29 is 50.4 Å². The number of carboxylic acid groups (broad SMARTS) is 1. The van der Waals surface area contributed by atoms with E-state index in [4.69, 9.17) is 9.84 Å². The molecule has 5 heteroatoms. The predicted molar refractivity (Wildman–Crippen MR) is 52.8 cm³/mol. The van der Waals surface area contributed by atoms with Crippen LogP contribution in [0.25, 0.3) is 0 Å². The Morgan fingerprint density at radius 3 is 2.40 bits per heavy atom. The second-order valence-corrected chi connectivity index (χ2v) is 2.74. The molecular formula is C10H15NaO4. The maximum Gasteiger partial charge on any atom is 1.00 e. The number of hydrogen-bond donors (Lipinski definition) is 1. The molecule has 0 aliphatic carbocycles. The zero-order valence-corrected chi connectivity index (χ0v) is 10.9. The van der Waals surface area contributed by atoms with Gasteiger partial charge in [0.15, 0.2) is 0 Å². The van der Waals surface area contributed by atoms with Gasteiger partial charge in [0.2, 0.25) is 0 Å². The Labute approximate surface area is 113 Å². The molecule has 0 amide bonds. The summed E-state index contributed by atoms with van der Waals surface area (Å²) in [6.45, 7) is 6.94. The smallest absolute Gasteiger partial charge is 1.00 e. The number of hydrogen-bond acceptors (Lipinski definition) is 3. The molecule has 1 N–H and O–H groups in total. The average Bonchev–Trinajstić information content (AvgIpc) is 2.13. The molecule has 0 aromatic rings. The molecule has 0 aromatic heterocycles. The number of carbonyl (C=O) groups excluding carboxylic acids is 1. The second-order valence-electron chi connectivity index (χ2n) is 2.74. The fraction of sp³-hybridized carbons (Fsp3) is 0.400. The van der Waals surface area contributed by atoms with Crippen molar-refractivity contribution in [3.05, 3.63) is 25.3 Å². The van der Waals surface area contributed by atoms with Crippen LogP contribution < -0.4 is 29.6 Å². The van der Waals surface area contributed by atoms with E-state index in [0.717, 1.165) is 0 Å². The summed E-state index contributed by atoms with van der Waals surface area (Å²) in [6.07, 6.45) is 3.01. The standard InChI is InChI=1S/C10H14O4.Na.H/c1-3-5-8(7-9(11)12)10(13)14-6-4-2;;/h3-4,8H,1-2,5-7H2,(H,11,12);;/q;+1;-1. The molecule has 4 nitrogen and oxygen atoms in total. The van der Waals surface area contributed by atoms with E-state index in [0.29, 0.717) is 6.42 Å². The van der Waals surface area contributed by atoms with Crippen LogP contribution >= 0.6 is 0 Å². The Balaban J connectivity index is -0.000000845. The number of rotatable bonds is 7. The molecule has 15 heavy (non-hydrogen) atoms. The van der Waals surface area contributed by atoms with Gasteiger partial charge in [0.05, 0.1) is 12.3 Å². The summed E-state index contributed by atoms with van der Waals surface area (Å²) >= 11 is 0. The Bertz CT molecular complexity index is 243. The number of aliphatic carboxylic acids is 1. The Morgan fingerprint density at radius 1 is 1.40 bits per heavy atom. The third-order valence-electron chi connectivity index (χ3n) is 1.55. The quantitative estimate of drug-likeness (QED) is 0.323. The van der Waals surface area contributed by atoms with Gasteiger partial charge >= 0.3 is 41.5 Å². The maximum absolute atomic E-state index is 11.2. The topological polar surface area (TPSA) is 63.6 Å². The van der Waals surface area contributed by atoms with E-state index in [1.807, 2.05) is 0 Å². The minimum atomic E-state index is -1.02. The van der Waals surface area contributed by atoms with Gasteiger partial charge in [-0.2, -0.15) is 0 Å². The average molecular weight is 222 g/mol. The first-order valence-corrected chi connectivity index (χ1v) is 4.22. The molecule has 0 rings (SSSR count). The third kappa shape index (κ3) is 8.42. The van der Waals surface area contributed by atoms with Gasteiger partial charge in [0.25, 0.3) is 0 Å². The predicted octanol–water partition coefficient (Wildman–Crippen LogP) is -1.50. The van der Waals surface area contributed by atoms with E-state index in [1.54, 1.807) is 0 Å². The van der Waals surface area contributed by atoms with Crippen molar-refractivity contribution in [2.45, 2.75) is 12.8 Å². The van der Waals surface area contributed by atoms with Crippen LogP contribution in [0.5, 0.6) is 0 Å². The summed E-state index contributed by atoms with van der Waals surface area (Å²) in [4.78, 5) is 21.6. The number of carboxylic acids is 1. The van der Waals surface area contributed by atoms with Crippen molar-refractivity contribution >= 4 is 11.9 Å². The van der Waals surface area contributed by atoms with Crippen molar-refractivity contribution in [2.75, 3.05) is 6.61 Å². The van der Waals surface area contributed by atoms with Gasteiger partial charge in [-0.15, -0.1) is 6.58 Å². The maximum atomic E-state index is 11.2. The van der Waals surface area contributed by atoms with Gasteiger partial charge in [-0.3, -0.25) is 9.59 Å². The minimum Gasteiger partial charge on any atom is -1.00 e. The Hall–Kier alpha value is -0.580. The fourth-order valence-electron chi connectivity index (χ4n) is 0.934. The fourth-order valence-corrected chi connectivity index (χ4v) is 0.934. The SMILES string of the molecule is C=CCOC(=O)C(CC=C)CC(=O)O.[H-].[Na+]. The monoisotopic (exact) mass is 222 g/mol. The van der Waals surface area contributed by atoms with E-state index < -0.39 is 17.9 Å². The summed E-state index contributed by atoms with van der Waals surface area (Å²) in [5.74, 6) is -2.19. The van der Waals surface area contributed by atoms with Crippen molar-refractivity contribution in [1.82, 2.24) is 0 Å². The van der Waals surface area contributed by atoms with Crippen LogP contribution in [-0.4, -0.2) is 23.7 Å². The Kier molecular flexibility index (Phi) is 11.2.